The van der Waals surface area contributed by atoms with Crippen molar-refractivity contribution in [3.8, 4) is 5.75 Å². The summed E-state index contributed by atoms with van der Waals surface area (Å²) < 4.78 is 46.9. The van der Waals surface area contributed by atoms with E-state index in [4.69, 9.17) is 4.74 Å². The number of nitrogens with zero attached hydrogens (tertiary/aromatic N) is 2. The van der Waals surface area contributed by atoms with E-state index in [0.29, 0.717) is 11.4 Å². The Bertz CT molecular complexity index is 968. The highest BCUT2D eigenvalue weighted by molar-refractivity contribution is 7.92. The number of benzene rings is 2. The monoisotopic (exact) mass is 375 g/mol. The highest BCUT2D eigenvalue weighted by Crippen LogP contribution is 2.17. The van der Waals surface area contributed by atoms with Gasteiger partial charge in [0.05, 0.1) is 23.0 Å². The molecular weight excluding hydrogens is 357 g/mol. The number of hydrogen-bond donors (Lipinski definition) is 1. The summed E-state index contributed by atoms with van der Waals surface area (Å²) in [5.41, 5.74) is 1.51. The van der Waals surface area contributed by atoms with Gasteiger partial charge in [0, 0.05) is 0 Å². The van der Waals surface area contributed by atoms with Crippen LogP contribution in [0.5, 0.6) is 5.75 Å². The second-order valence-electron chi connectivity index (χ2n) is 5.60. The van der Waals surface area contributed by atoms with Crippen molar-refractivity contribution in [2.75, 3.05) is 4.72 Å². The summed E-state index contributed by atoms with van der Waals surface area (Å²) in [5.74, 6) is 0.201. The fraction of sp³-hybridized carbons (Fsp3) is 0.167. The zero-order valence-electron chi connectivity index (χ0n) is 14.1. The lowest BCUT2D eigenvalue weighted by Crippen LogP contribution is -2.12. The molecule has 1 aromatic heterocycles. The highest BCUT2D eigenvalue weighted by atomic mass is 32.2. The second kappa shape index (κ2) is 7.57. The molecule has 6 nitrogen and oxygen atoms in total. The number of nitrogens with one attached hydrogen (secondary N) is 1. The first-order valence-electron chi connectivity index (χ1n) is 7.99. The first-order chi connectivity index (χ1) is 12.5. The first kappa shape index (κ1) is 17.9. The maximum absolute atomic E-state index is 12.9. The topological polar surface area (TPSA) is 73.2 Å². The Labute approximate surface area is 151 Å². The number of rotatable bonds is 7. The minimum absolute atomic E-state index is 0.0288. The summed E-state index contributed by atoms with van der Waals surface area (Å²) >= 11 is 0. The van der Waals surface area contributed by atoms with Gasteiger partial charge in [-0.15, -0.1) is 0 Å². The predicted molar refractivity (Wildman–Crippen MR) is 95.9 cm³/mol. The average Bonchev–Trinajstić information content (AvgIpc) is 3.07. The van der Waals surface area contributed by atoms with E-state index >= 15 is 0 Å². The molecule has 0 radical (unpaired) electrons. The minimum atomic E-state index is -3.80. The maximum atomic E-state index is 12.9. The number of aromatic nitrogens is 2. The number of ether oxygens (including phenoxy) is 1. The van der Waals surface area contributed by atoms with Crippen molar-refractivity contribution < 1.29 is 17.5 Å². The molecular formula is C18H18FN3O3S. The average molecular weight is 375 g/mol. The van der Waals surface area contributed by atoms with Crippen LogP contribution in [0.25, 0.3) is 0 Å². The van der Waals surface area contributed by atoms with E-state index in [2.05, 4.69) is 16.7 Å². The minimum Gasteiger partial charge on any atom is -0.471 e. The van der Waals surface area contributed by atoms with E-state index < -0.39 is 15.8 Å². The third-order valence-corrected chi connectivity index (χ3v) is 5.10. The van der Waals surface area contributed by atoms with Gasteiger partial charge in [-0.1, -0.05) is 19.1 Å². The van der Waals surface area contributed by atoms with Gasteiger partial charge in [-0.2, -0.15) is 5.10 Å². The molecule has 136 valence electrons. The molecule has 8 heteroatoms. The largest absolute Gasteiger partial charge is 0.471 e. The lowest BCUT2D eigenvalue weighted by Gasteiger charge is -2.07. The van der Waals surface area contributed by atoms with E-state index in [1.807, 2.05) is 24.3 Å². The third-order valence-electron chi connectivity index (χ3n) is 3.70. The first-order valence-corrected chi connectivity index (χ1v) is 9.47. The van der Waals surface area contributed by atoms with Crippen molar-refractivity contribution in [1.82, 2.24) is 9.78 Å². The van der Waals surface area contributed by atoms with Crippen molar-refractivity contribution in [1.29, 1.82) is 0 Å². The normalized spacial score (nSPS) is 11.3. The van der Waals surface area contributed by atoms with Gasteiger partial charge >= 0.3 is 0 Å². The van der Waals surface area contributed by atoms with Gasteiger partial charge < -0.3 is 4.74 Å². The van der Waals surface area contributed by atoms with Gasteiger partial charge in [0.25, 0.3) is 10.0 Å². The summed E-state index contributed by atoms with van der Waals surface area (Å²) in [5, 5.41) is 4.06. The summed E-state index contributed by atoms with van der Waals surface area (Å²) in [6, 6.07) is 12.3. The van der Waals surface area contributed by atoms with Crippen molar-refractivity contribution in [2.45, 2.75) is 25.0 Å². The Kier molecular flexibility index (Phi) is 5.22. The van der Waals surface area contributed by atoms with Gasteiger partial charge in [0.15, 0.2) is 6.73 Å². The van der Waals surface area contributed by atoms with E-state index in [1.54, 1.807) is 0 Å². The van der Waals surface area contributed by atoms with Crippen molar-refractivity contribution in [3.05, 3.63) is 72.3 Å². The second-order valence-corrected chi connectivity index (χ2v) is 7.28. The molecule has 1 N–H and O–H groups in total. The molecule has 3 rings (SSSR count). The van der Waals surface area contributed by atoms with Gasteiger partial charge in [0.1, 0.15) is 11.6 Å². The molecule has 3 aromatic rings. The Morgan fingerprint density at radius 2 is 1.81 bits per heavy atom. The zero-order valence-corrected chi connectivity index (χ0v) is 14.9. The van der Waals surface area contributed by atoms with Crippen LogP contribution in [-0.2, 0) is 23.2 Å². The van der Waals surface area contributed by atoms with Crippen LogP contribution in [0.4, 0.5) is 10.1 Å². The van der Waals surface area contributed by atoms with E-state index in [9.17, 15) is 12.8 Å². The summed E-state index contributed by atoms with van der Waals surface area (Å²) in [7, 11) is -3.80. The molecule has 2 aromatic carbocycles. The summed E-state index contributed by atoms with van der Waals surface area (Å²) in [6.45, 7) is 2.22. The highest BCUT2D eigenvalue weighted by Gasteiger charge is 2.15. The van der Waals surface area contributed by atoms with Gasteiger partial charge in [-0.25, -0.2) is 17.5 Å². The fourth-order valence-electron chi connectivity index (χ4n) is 2.28. The number of aryl methyl sites for hydroxylation is 1. The van der Waals surface area contributed by atoms with Crippen LogP contribution in [0, 0.1) is 5.82 Å². The van der Waals surface area contributed by atoms with Crippen molar-refractivity contribution in [3.63, 3.8) is 0 Å². The molecule has 0 atom stereocenters. The van der Waals surface area contributed by atoms with Crippen molar-refractivity contribution >= 4 is 15.7 Å². The lowest BCUT2D eigenvalue weighted by atomic mass is 10.2. The van der Waals surface area contributed by atoms with Crippen LogP contribution in [-0.4, -0.2) is 18.2 Å². The van der Waals surface area contributed by atoms with Crippen LogP contribution in [0.1, 0.15) is 12.5 Å². The molecule has 0 aliphatic rings. The number of hydrogen-bond acceptors (Lipinski definition) is 4. The molecule has 0 aliphatic heterocycles. The Morgan fingerprint density at radius 1 is 1.12 bits per heavy atom. The van der Waals surface area contributed by atoms with Crippen LogP contribution in [0.3, 0.4) is 0 Å². The summed E-state index contributed by atoms with van der Waals surface area (Å²) in [6.07, 6.45) is 3.85. The molecule has 1 heterocycles. The van der Waals surface area contributed by atoms with Crippen LogP contribution in [0.2, 0.25) is 0 Å². The molecule has 0 amide bonds. The van der Waals surface area contributed by atoms with Crippen LogP contribution < -0.4 is 9.46 Å². The molecule has 0 saturated carbocycles. The molecule has 0 unspecified atom stereocenters. The van der Waals surface area contributed by atoms with Crippen LogP contribution >= 0.6 is 0 Å². The molecule has 0 aliphatic carbocycles. The molecule has 0 spiro atoms. The van der Waals surface area contributed by atoms with Gasteiger partial charge in [0.2, 0.25) is 0 Å². The standard InChI is InChI=1S/C18H18FN3O3S/c1-2-14-3-7-17(8-4-14)25-13-22-12-16(11-20-22)21-26(23,24)18-9-5-15(19)6-10-18/h3-12,21H,2,13H2,1H3. The fourth-order valence-corrected chi connectivity index (χ4v) is 3.30. The Hall–Kier alpha value is -2.87. The molecule has 0 fully saturated rings. The SMILES string of the molecule is CCc1ccc(OCn2cc(NS(=O)(=O)c3ccc(F)cc3)cn2)cc1. The number of halogens is 1. The number of anilines is 1. The third kappa shape index (κ3) is 4.40. The smallest absolute Gasteiger partial charge is 0.261 e. The van der Waals surface area contributed by atoms with Gasteiger partial charge in [-0.3, -0.25) is 4.72 Å². The van der Waals surface area contributed by atoms with Crippen LogP contribution in [0.15, 0.2) is 65.8 Å². The Balaban J connectivity index is 1.62. The maximum Gasteiger partial charge on any atom is 0.261 e. The van der Waals surface area contributed by atoms with Gasteiger partial charge in [-0.05, 0) is 48.4 Å². The molecule has 0 bridgehead atoms. The quantitative estimate of drug-likeness (QED) is 0.687. The van der Waals surface area contributed by atoms with E-state index in [-0.39, 0.29) is 11.6 Å². The summed E-state index contributed by atoms with van der Waals surface area (Å²) in [4.78, 5) is -0.0288. The Morgan fingerprint density at radius 3 is 2.46 bits per heavy atom. The van der Waals surface area contributed by atoms with E-state index in [0.717, 1.165) is 18.6 Å². The molecule has 26 heavy (non-hydrogen) atoms. The molecule has 0 saturated heterocycles. The zero-order chi connectivity index (χ0) is 18.6. The number of sulfonamides is 1. The lowest BCUT2D eigenvalue weighted by molar-refractivity contribution is 0.221. The predicted octanol–water partition coefficient (Wildman–Crippen LogP) is 3.42. The van der Waals surface area contributed by atoms with E-state index in [1.165, 1.54) is 34.8 Å². The van der Waals surface area contributed by atoms with Crippen molar-refractivity contribution in [2.24, 2.45) is 0 Å².